The van der Waals surface area contributed by atoms with Gasteiger partial charge in [0.2, 0.25) is 0 Å². The smallest absolute Gasteiger partial charge is 0.266 e. The average molecular weight is 589 g/mol. The SMILES string of the molecule is CC(C)N=C1S/C(=C/c2ccc(OCc3ccc(Cl)cc3Cl)c(I)c2)C(=O)N1C(C)C. The van der Waals surface area contributed by atoms with Crippen molar-refractivity contribution in [2.75, 3.05) is 0 Å². The molecule has 4 nitrogen and oxygen atoms in total. The molecule has 0 saturated carbocycles. The molecule has 164 valence electrons. The number of benzene rings is 2. The average Bonchev–Trinajstić information content (AvgIpc) is 2.96. The molecule has 1 heterocycles. The molecular formula is C23H23Cl2IN2O2S. The zero-order valence-corrected chi connectivity index (χ0v) is 22.1. The van der Waals surface area contributed by atoms with Crippen LogP contribution < -0.4 is 4.74 Å². The number of amides is 1. The summed E-state index contributed by atoms with van der Waals surface area (Å²) in [6, 6.07) is 11.4. The summed E-state index contributed by atoms with van der Waals surface area (Å²) in [5, 5.41) is 1.93. The van der Waals surface area contributed by atoms with Gasteiger partial charge in [-0.25, -0.2) is 0 Å². The van der Waals surface area contributed by atoms with E-state index in [-0.39, 0.29) is 18.0 Å². The molecule has 0 radical (unpaired) electrons. The molecule has 0 aromatic heterocycles. The number of amidine groups is 1. The number of carbonyl (C=O) groups is 1. The summed E-state index contributed by atoms with van der Waals surface area (Å²) in [5.74, 6) is 0.747. The molecule has 0 N–H and O–H groups in total. The van der Waals surface area contributed by atoms with Gasteiger partial charge in [-0.15, -0.1) is 0 Å². The second-order valence-corrected chi connectivity index (χ2v) is 10.6. The molecule has 0 atom stereocenters. The summed E-state index contributed by atoms with van der Waals surface area (Å²) in [4.78, 5) is 20.0. The van der Waals surface area contributed by atoms with E-state index in [0.717, 1.165) is 25.6 Å². The minimum absolute atomic E-state index is 0.00730. The van der Waals surface area contributed by atoms with E-state index in [1.54, 1.807) is 17.0 Å². The Morgan fingerprint density at radius 1 is 1.16 bits per heavy atom. The van der Waals surface area contributed by atoms with Gasteiger partial charge in [0.1, 0.15) is 12.4 Å². The first-order chi connectivity index (χ1) is 14.7. The lowest BCUT2D eigenvalue weighted by Gasteiger charge is -2.20. The van der Waals surface area contributed by atoms with E-state index in [1.165, 1.54) is 11.8 Å². The lowest BCUT2D eigenvalue weighted by Crippen LogP contribution is -2.35. The maximum absolute atomic E-state index is 12.9. The molecule has 3 rings (SSSR count). The highest BCUT2D eigenvalue weighted by atomic mass is 127. The second-order valence-electron chi connectivity index (χ2n) is 7.60. The maximum atomic E-state index is 12.9. The fraction of sp³-hybridized carbons (Fsp3) is 0.304. The zero-order valence-electron chi connectivity index (χ0n) is 17.7. The van der Waals surface area contributed by atoms with Crippen LogP contribution in [0.5, 0.6) is 5.75 Å². The number of ether oxygens (including phenoxy) is 1. The van der Waals surface area contributed by atoms with Crippen molar-refractivity contribution in [1.82, 2.24) is 4.90 Å². The van der Waals surface area contributed by atoms with Crippen LogP contribution in [0.15, 0.2) is 46.3 Å². The van der Waals surface area contributed by atoms with Crippen LogP contribution in [-0.4, -0.2) is 28.1 Å². The number of hydrogen-bond acceptors (Lipinski definition) is 4. The maximum Gasteiger partial charge on any atom is 0.266 e. The third-order valence-corrected chi connectivity index (χ3v) is 6.80. The summed E-state index contributed by atoms with van der Waals surface area (Å²) in [5.41, 5.74) is 1.80. The minimum Gasteiger partial charge on any atom is -0.488 e. The van der Waals surface area contributed by atoms with E-state index in [9.17, 15) is 4.79 Å². The lowest BCUT2D eigenvalue weighted by molar-refractivity contribution is -0.123. The Kier molecular flexibility index (Phi) is 8.35. The van der Waals surface area contributed by atoms with Gasteiger partial charge in [0.05, 0.1) is 8.48 Å². The molecule has 8 heteroatoms. The van der Waals surface area contributed by atoms with Gasteiger partial charge < -0.3 is 4.74 Å². The van der Waals surface area contributed by atoms with E-state index in [1.807, 2.05) is 58.0 Å². The fourth-order valence-electron chi connectivity index (χ4n) is 2.92. The Balaban J connectivity index is 1.78. The van der Waals surface area contributed by atoms with Crippen molar-refractivity contribution in [3.05, 3.63) is 66.0 Å². The fourth-order valence-corrected chi connectivity index (χ4v) is 5.31. The third-order valence-electron chi connectivity index (χ3n) is 4.37. The van der Waals surface area contributed by atoms with Gasteiger partial charge in [-0.1, -0.05) is 35.3 Å². The van der Waals surface area contributed by atoms with E-state index in [0.29, 0.717) is 21.6 Å². The standard InChI is InChI=1S/C23H23Cl2IN2O2S/c1-13(2)27-23-28(14(3)4)22(29)21(31-23)10-15-5-8-20(19(26)9-15)30-12-16-6-7-17(24)11-18(16)25/h5-11,13-14H,12H2,1-4H3/b21-10+,27-23?. The highest BCUT2D eigenvalue weighted by molar-refractivity contribution is 14.1. The minimum atomic E-state index is -0.00730. The third kappa shape index (κ3) is 6.18. The first kappa shape index (κ1) is 24.4. The van der Waals surface area contributed by atoms with Gasteiger partial charge in [0, 0.05) is 27.7 Å². The van der Waals surface area contributed by atoms with Gasteiger partial charge >= 0.3 is 0 Å². The molecule has 2 aromatic rings. The van der Waals surface area contributed by atoms with Gasteiger partial charge in [0.25, 0.3) is 5.91 Å². The molecule has 0 aliphatic carbocycles. The predicted octanol–water partition coefficient (Wildman–Crippen LogP) is 7.27. The van der Waals surface area contributed by atoms with E-state index in [2.05, 4.69) is 27.6 Å². The number of hydrogen-bond donors (Lipinski definition) is 0. The Hall–Kier alpha value is -1.22. The van der Waals surface area contributed by atoms with Crippen LogP contribution in [0.25, 0.3) is 6.08 Å². The van der Waals surface area contributed by atoms with Crippen LogP contribution in [0.4, 0.5) is 0 Å². The number of carbonyl (C=O) groups excluding carboxylic acids is 1. The number of rotatable bonds is 6. The Bertz CT molecular complexity index is 1050. The molecule has 1 aliphatic rings. The van der Waals surface area contributed by atoms with Crippen LogP contribution >= 0.6 is 57.6 Å². The molecule has 0 spiro atoms. The van der Waals surface area contributed by atoms with Crippen LogP contribution in [0.2, 0.25) is 10.0 Å². The molecular weight excluding hydrogens is 566 g/mol. The van der Waals surface area contributed by atoms with Crippen LogP contribution in [0, 0.1) is 3.57 Å². The number of nitrogens with zero attached hydrogens (tertiary/aromatic N) is 2. The molecule has 1 aliphatic heterocycles. The molecule has 0 bridgehead atoms. The molecule has 1 saturated heterocycles. The van der Waals surface area contributed by atoms with Crippen molar-refractivity contribution < 1.29 is 9.53 Å². The number of aliphatic imine (C=N–C) groups is 1. The van der Waals surface area contributed by atoms with Gasteiger partial charge in [-0.2, -0.15) is 0 Å². The first-order valence-electron chi connectivity index (χ1n) is 9.83. The molecule has 0 unspecified atom stereocenters. The molecule has 1 fully saturated rings. The quantitative estimate of drug-likeness (QED) is 0.263. The Labute approximate surface area is 211 Å². The van der Waals surface area contributed by atoms with Crippen LogP contribution in [-0.2, 0) is 11.4 Å². The summed E-state index contributed by atoms with van der Waals surface area (Å²) < 4.78 is 6.89. The molecule has 2 aromatic carbocycles. The topological polar surface area (TPSA) is 41.9 Å². The summed E-state index contributed by atoms with van der Waals surface area (Å²) in [6.45, 7) is 8.37. The monoisotopic (exact) mass is 588 g/mol. The van der Waals surface area contributed by atoms with E-state index >= 15 is 0 Å². The van der Waals surface area contributed by atoms with Gasteiger partial charge in [0.15, 0.2) is 5.17 Å². The van der Waals surface area contributed by atoms with Crippen molar-refractivity contribution in [3.8, 4) is 5.75 Å². The van der Waals surface area contributed by atoms with Crippen molar-refractivity contribution in [2.24, 2.45) is 4.99 Å². The van der Waals surface area contributed by atoms with E-state index in [4.69, 9.17) is 27.9 Å². The van der Waals surface area contributed by atoms with Crippen LogP contribution in [0.1, 0.15) is 38.8 Å². The van der Waals surface area contributed by atoms with Crippen molar-refractivity contribution >= 4 is 74.7 Å². The zero-order chi connectivity index (χ0) is 22.7. The van der Waals surface area contributed by atoms with E-state index < -0.39 is 0 Å². The normalized spacial score (nSPS) is 16.9. The second kappa shape index (κ2) is 10.6. The van der Waals surface area contributed by atoms with Crippen molar-refractivity contribution in [3.63, 3.8) is 0 Å². The van der Waals surface area contributed by atoms with Crippen molar-refractivity contribution in [1.29, 1.82) is 0 Å². The predicted molar refractivity (Wildman–Crippen MR) is 140 cm³/mol. The first-order valence-corrected chi connectivity index (χ1v) is 12.5. The molecule has 31 heavy (non-hydrogen) atoms. The van der Waals surface area contributed by atoms with Gasteiger partial charge in [-0.05, 0) is 98.0 Å². The Morgan fingerprint density at radius 3 is 2.52 bits per heavy atom. The summed E-state index contributed by atoms with van der Waals surface area (Å²) >= 11 is 15.8. The lowest BCUT2D eigenvalue weighted by atomic mass is 10.2. The largest absolute Gasteiger partial charge is 0.488 e. The van der Waals surface area contributed by atoms with Crippen LogP contribution in [0.3, 0.4) is 0 Å². The highest BCUT2D eigenvalue weighted by Crippen LogP contribution is 2.35. The van der Waals surface area contributed by atoms with Gasteiger partial charge in [-0.3, -0.25) is 14.7 Å². The number of halogens is 3. The molecule has 1 amide bonds. The summed E-state index contributed by atoms with van der Waals surface area (Å²) in [7, 11) is 0. The Morgan fingerprint density at radius 2 is 1.90 bits per heavy atom. The summed E-state index contributed by atoms with van der Waals surface area (Å²) in [6.07, 6.45) is 1.91. The van der Waals surface area contributed by atoms with Crippen molar-refractivity contribution in [2.45, 2.75) is 46.4 Å². The highest BCUT2D eigenvalue weighted by Gasteiger charge is 2.35. The number of thioether (sulfide) groups is 1.